The molecule has 1 aromatic heterocycles. The quantitative estimate of drug-likeness (QED) is 0.351. The van der Waals surface area contributed by atoms with Gasteiger partial charge >= 0.3 is 5.97 Å². The van der Waals surface area contributed by atoms with Gasteiger partial charge in [0.1, 0.15) is 12.3 Å². The maximum absolute atomic E-state index is 12.1. The number of carboxylic acid groups (broad SMARTS) is 1. The molecule has 8 heteroatoms. The highest BCUT2D eigenvalue weighted by atomic mass is 16.4. The minimum absolute atomic E-state index is 0.205. The van der Waals surface area contributed by atoms with Crippen molar-refractivity contribution in [2.24, 2.45) is 5.92 Å². The number of H-pyrrole nitrogens is 1. The van der Waals surface area contributed by atoms with E-state index in [1.807, 2.05) is 62.4 Å². The summed E-state index contributed by atoms with van der Waals surface area (Å²) in [5.74, 6) is -0.168. The van der Waals surface area contributed by atoms with Crippen molar-refractivity contribution in [1.82, 2.24) is 25.5 Å². The zero-order valence-electron chi connectivity index (χ0n) is 19.5. The molecular formula is C25H33N5O3. The fourth-order valence-electron chi connectivity index (χ4n) is 4.01. The van der Waals surface area contributed by atoms with Crippen molar-refractivity contribution in [3.63, 3.8) is 0 Å². The van der Waals surface area contributed by atoms with Gasteiger partial charge in [-0.25, -0.2) is 0 Å². The summed E-state index contributed by atoms with van der Waals surface area (Å²) in [7, 11) is 0. The highest BCUT2D eigenvalue weighted by Gasteiger charge is 2.31. The number of rotatable bonds is 12. The Hall–Kier alpha value is -3.10. The molecular weight excluding hydrogens is 418 g/mol. The number of aliphatic hydroxyl groups is 1. The van der Waals surface area contributed by atoms with Gasteiger partial charge in [-0.15, -0.1) is 10.2 Å². The second kappa shape index (κ2) is 11.7. The zero-order valence-corrected chi connectivity index (χ0v) is 19.5. The monoisotopic (exact) mass is 451 g/mol. The number of carbonyl (C=O) groups is 1. The molecule has 1 unspecified atom stereocenters. The SMILES string of the molecule is CCCCC(O)N(Cc1ccc(-c2ccccc2-c2nn[nH]n2)cc1)[C@@H](CC(C)C)C(=O)O. The maximum atomic E-state index is 12.1. The van der Waals surface area contributed by atoms with Crippen molar-refractivity contribution < 1.29 is 15.0 Å². The summed E-state index contributed by atoms with van der Waals surface area (Å²) in [6, 6.07) is 15.1. The second-order valence-electron chi connectivity index (χ2n) is 8.76. The standard InChI is InChI=1S/C25H33N5O3/c1-4-5-10-23(31)30(22(25(32)33)15-17(2)3)16-18-11-13-19(14-12-18)20-8-6-7-9-21(20)24-26-28-29-27-24/h6-9,11-14,17,22-23,31H,4-5,10,15-16H2,1-3H3,(H,32,33)(H,26,27,28,29)/t22-,23?/m0/s1. The van der Waals surface area contributed by atoms with Crippen LogP contribution in [0.1, 0.15) is 52.0 Å². The Morgan fingerprint density at radius 3 is 2.36 bits per heavy atom. The predicted molar refractivity (Wildman–Crippen MR) is 127 cm³/mol. The van der Waals surface area contributed by atoms with Crippen molar-refractivity contribution >= 4 is 5.97 Å². The van der Waals surface area contributed by atoms with Gasteiger partial charge in [-0.2, -0.15) is 5.21 Å². The van der Waals surface area contributed by atoms with E-state index in [9.17, 15) is 15.0 Å². The van der Waals surface area contributed by atoms with Crippen LogP contribution in [-0.2, 0) is 11.3 Å². The number of benzene rings is 2. The van der Waals surface area contributed by atoms with Crippen molar-refractivity contribution in [2.45, 2.75) is 65.3 Å². The molecule has 0 aliphatic rings. The lowest BCUT2D eigenvalue weighted by atomic mass is 9.97. The van der Waals surface area contributed by atoms with Crippen LogP contribution in [0, 0.1) is 5.92 Å². The number of aromatic amines is 1. The van der Waals surface area contributed by atoms with E-state index in [1.54, 1.807) is 4.90 Å². The predicted octanol–water partition coefficient (Wildman–Crippen LogP) is 4.34. The average molecular weight is 452 g/mol. The zero-order chi connectivity index (χ0) is 23.8. The van der Waals surface area contributed by atoms with Gasteiger partial charge in [-0.1, -0.05) is 75.7 Å². The van der Waals surface area contributed by atoms with Crippen LogP contribution in [0.3, 0.4) is 0 Å². The van der Waals surface area contributed by atoms with E-state index in [0.29, 0.717) is 25.2 Å². The summed E-state index contributed by atoms with van der Waals surface area (Å²) in [5.41, 5.74) is 3.79. The molecule has 0 saturated heterocycles. The number of carboxylic acids is 1. The number of nitrogens with zero attached hydrogens (tertiary/aromatic N) is 4. The minimum Gasteiger partial charge on any atom is -0.480 e. The molecule has 0 aliphatic heterocycles. The van der Waals surface area contributed by atoms with Crippen molar-refractivity contribution in [2.75, 3.05) is 0 Å². The molecule has 2 aromatic carbocycles. The van der Waals surface area contributed by atoms with Crippen LogP contribution in [0.25, 0.3) is 22.5 Å². The van der Waals surface area contributed by atoms with Crippen LogP contribution in [0.2, 0.25) is 0 Å². The number of hydrogen-bond acceptors (Lipinski definition) is 6. The first-order valence-corrected chi connectivity index (χ1v) is 11.5. The van der Waals surface area contributed by atoms with Crippen molar-refractivity contribution in [3.05, 3.63) is 54.1 Å². The fourth-order valence-corrected chi connectivity index (χ4v) is 4.01. The number of hydrogen-bond donors (Lipinski definition) is 3. The number of unbranched alkanes of at least 4 members (excludes halogenated alkanes) is 1. The third kappa shape index (κ3) is 6.46. The van der Waals surface area contributed by atoms with Gasteiger partial charge in [0.05, 0.1) is 0 Å². The van der Waals surface area contributed by atoms with E-state index in [-0.39, 0.29) is 5.92 Å². The molecule has 0 spiro atoms. The first-order valence-electron chi connectivity index (χ1n) is 11.5. The molecule has 2 atom stereocenters. The Balaban J connectivity index is 1.86. The van der Waals surface area contributed by atoms with Gasteiger partial charge in [0.15, 0.2) is 0 Å². The molecule has 3 aromatic rings. The summed E-state index contributed by atoms with van der Waals surface area (Å²) in [6.45, 7) is 6.43. The molecule has 0 amide bonds. The fraction of sp³-hybridized carbons (Fsp3) is 0.440. The van der Waals surface area contributed by atoms with Gasteiger partial charge in [0, 0.05) is 12.1 Å². The molecule has 3 N–H and O–H groups in total. The number of aliphatic hydroxyl groups excluding tert-OH is 1. The number of nitrogens with one attached hydrogen (secondary N) is 1. The lowest BCUT2D eigenvalue weighted by Gasteiger charge is -2.34. The first-order chi connectivity index (χ1) is 15.9. The third-order valence-electron chi connectivity index (χ3n) is 5.72. The van der Waals surface area contributed by atoms with E-state index in [0.717, 1.165) is 35.1 Å². The summed E-state index contributed by atoms with van der Waals surface area (Å²) in [4.78, 5) is 13.8. The van der Waals surface area contributed by atoms with Crippen molar-refractivity contribution in [3.8, 4) is 22.5 Å². The van der Waals surface area contributed by atoms with Crippen LogP contribution in [0.4, 0.5) is 0 Å². The minimum atomic E-state index is -0.898. The summed E-state index contributed by atoms with van der Waals surface area (Å²) in [6.07, 6.45) is 2.02. The highest BCUT2D eigenvalue weighted by molar-refractivity contribution is 5.80. The lowest BCUT2D eigenvalue weighted by Crippen LogP contribution is -2.47. The van der Waals surface area contributed by atoms with E-state index in [4.69, 9.17) is 0 Å². The van der Waals surface area contributed by atoms with Gasteiger partial charge in [0.25, 0.3) is 0 Å². The first kappa shape index (κ1) is 24.5. The van der Waals surface area contributed by atoms with Crippen molar-refractivity contribution in [1.29, 1.82) is 0 Å². The number of tetrazole rings is 1. The van der Waals surface area contributed by atoms with Crippen LogP contribution in [0.15, 0.2) is 48.5 Å². The van der Waals surface area contributed by atoms with E-state index in [2.05, 4.69) is 27.5 Å². The summed E-state index contributed by atoms with van der Waals surface area (Å²) in [5, 5.41) is 35.1. The number of aliphatic carboxylic acids is 1. The van der Waals surface area contributed by atoms with Gasteiger partial charge in [0.2, 0.25) is 5.82 Å². The molecule has 33 heavy (non-hydrogen) atoms. The van der Waals surface area contributed by atoms with Gasteiger partial charge in [-0.3, -0.25) is 9.69 Å². The Morgan fingerprint density at radius 1 is 1.09 bits per heavy atom. The van der Waals surface area contributed by atoms with E-state index in [1.165, 1.54) is 0 Å². The Morgan fingerprint density at radius 2 is 1.79 bits per heavy atom. The molecule has 3 rings (SSSR count). The molecule has 0 aliphatic carbocycles. The van der Waals surface area contributed by atoms with E-state index >= 15 is 0 Å². The highest BCUT2D eigenvalue weighted by Crippen LogP contribution is 2.30. The van der Waals surface area contributed by atoms with Crippen LogP contribution < -0.4 is 0 Å². The Kier molecular flexibility index (Phi) is 8.68. The molecule has 0 saturated carbocycles. The maximum Gasteiger partial charge on any atom is 0.321 e. The molecule has 0 fully saturated rings. The topological polar surface area (TPSA) is 115 Å². The molecule has 8 nitrogen and oxygen atoms in total. The second-order valence-corrected chi connectivity index (χ2v) is 8.76. The Bertz CT molecular complexity index is 1010. The number of aromatic nitrogens is 4. The smallest absolute Gasteiger partial charge is 0.321 e. The Labute approximate surface area is 194 Å². The summed E-state index contributed by atoms with van der Waals surface area (Å²) >= 11 is 0. The largest absolute Gasteiger partial charge is 0.480 e. The third-order valence-corrected chi connectivity index (χ3v) is 5.72. The normalized spacial score (nSPS) is 13.4. The summed E-state index contributed by atoms with van der Waals surface area (Å²) < 4.78 is 0. The van der Waals surface area contributed by atoms with Crippen LogP contribution in [0.5, 0.6) is 0 Å². The molecule has 1 heterocycles. The van der Waals surface area contributed by atoms with Crippen LogP contribution in [-0.4, -0.2) is 54.0 Å². The van der Waals surface area contributed by atoms with Gasteiger partial charge in [-0.05, 0) is 47.1 Å². The molecule has 0 bridgehead atoms. The lowest BCUT2D eigenvalue weighted by molar-refractivity contribution is -0.150. The molecule has 0 radical (unpaired) electrons. The van der Waals surface area contributed by atoms with E-state index < -0.39 is 18.2 Å². The average Bonchev–Trinajstić information content (AvgIpc) is 3.35. The van der Waals surface area contributed by atoms with Crippen LogP contribution >= 0.6 is 0 Å². The van der Waals surface area contributed by atoms with Gasteiger partial charge < -0.3 is 10.2 Å². The molecule has 176 valence electrons.